The predicted molar refractivity (Wildman–Crippen MR) is 412 cm³/mol. The first-order valence-corrected chi connectivity index (χ1v) is 38.9. The van der Waals surface area contributed by atoms with Crippen molar-refractivity contribution >= 4 is 70.5 Å². The smallest absolute Gasteiger partial charge is 0.330 e. The van der Waals surface area contributed by atoms with Crippen molar-refractivity contribution in [3.05, 3.63) is 116 Å². The number of phenols is 3. The lowest BCUT2D eigenvalue weighted by atomic mass is 9.86. The Bertz CT molecular complexity index is 4650. The number of aliphatic carboxylic acids is 1. The Labute approximate surface area is 685 Å². The van der Waals surface area contributed by atoms with Crippen LogP contribution in [0.15, 0.2) is 72.8 Å². The van der Waals surface area contributed by atoms with Crippen LogP contribution in [0.1, 0.15) is 131 Å². The molecule has 9 heterocycles. The number of carboxylic acid groups (broad SMARTS) is 1. The molecule has 14 rings (SSSR count). The number of ether oxygens (including phenoxy) is 9. The lowest BCUT2D eigenvalue weighted by molar-refractivity contribution is -0.333. The highest BCUT2D eigenvalue weighted by Crippen LogP contribution is 2.51. The highest BCUT2D eigenvalue weighted by atomic mass is 35.5. The molecule has 4 saturated heterocycles. The number of carboxylic acids is 1. The first-order valence-electron chi connectivity index (χ1n) is 38.1. The normalized spacial score (nSPS) is 31.8. The van der Waals surface area contributed by atoms with Gasteiger partial charge in [-0.05, 0) is 124 Å². The average molecular weight is 1690 g/mol. The average Bonchev–Trinajstić information content (AvgIpc) is 0.754. The number of carbonyl (C=O) groups is 8. The van der Waals surface area contributed by atoms with Crippen molar-refractivity contribution in [1.82, 2.24) is 42.1 Å². The van der Waals surface area contributed by atoms with E-state index in [1.807, 2.05) is 13.8 Å². The van der Waals surface area contributed by atoms with Crippen molar-refractivity contribution in [2.45, 2.75) is 207 Å². The highest BCUT2D eigenvalue weighted by Gasteiger charge is 2.53. The van der Waals surface area contributed by atoms with E-state index >= 15 is 24.0 Å². The van der Waals surface area contributed by atoms with E-state index in [2.05, 4.69) is 37.2 Å². The summed E-state index contributed by atoms with van der Waals surface area (Å²) < 4.78 is 57.5. The van der Waals surface area contributed by atoms with Crippen molar-refractivity contribution in [3.8, 4) is 57.1 Å². The van der Waals surface area contributed by atoms with Crippen LogP contribution in [0, 0.1) is 5.92 Å². The van der Waals surface area contributed by atoms with Crippen LogP contribution in [0.25, 0.3) is 11.1 Å². The third-order valence-electron chi connectivity index (χ3n) is 21.9. The quantitative estimate of drug-likeness (QED) is 0.0590. The minimum Gasteiger partial charge on any atom is -0.507 e. The second kappa shape index (κ2) is 35.9. The number of primary amides is 1. The fraction of sp³-hybridized carbons (Fsp3) is 0.513. The van der Waals surface area contributed by atoms with Crippen LogP contribution >= 0.6 is 23.2 Å². The van der Waals surface area contributed by atoms with Gasteiger partial charge in [-0.2, -0.15) is 0 Å². The summed E-state index contributed by atoms with van der Waals surface area (Å²) in [5.74, 6) is -16.0. The lowest BCUT2D eigenvalue weighted by Gasteiger charge is -2.47. The molecule has 5 aromatic rings. The molecule has 0 saturated carbocycles. The molecule has 0 aromatic heterocycles. The van der Waals surface area contributed by atoms with Gasteiger partial charge in [0.05, 0.1) is 72.3 Å². The SMILES string of the molecule is CN[C@H](CC(C)C)C(=O)N[C@H]1C(=O)N[C@@H](CC(N)=O)C(=O)N[C@H]2C(=O)N[C@H]3C(=O)N[C@H](C(=O)N[C@@H](C(=O)O)c4cc(O)c(CN5CCOCC5)c(O)c4-c4cc3ccc4O)[C@H](O[C@H]3C[C@](C)(N)[C@H](O)[C@H](C)O3)c3ccc(c(Cl)c3)Oc3cc2cc(c3O[C@H]2O[C@@H](CO)[C@H](O)[C@@H](O)[C@@H]2O[C@H]2C[C@](C)(N)[C@H](O)[C@H](C)O2)Oc2ccc(cc2Cl)[C@H]1O. The highest BCUT2D eigenvalue weighted by molar-refractivity contribution is 6.32. The summed E-state index contributed by atoms with van der Waals surface area (Å²) in [6, 6.07) is -1.11. The van der Waals surface area contributed by atoms with Gasteiger partial charge in [0.1, 0.15) is 89.5 Å². The molecular formula is C78H97Cl2N11O27. The number of hydrogen-bond acceptors (Lipinski definition) is 30. The molecule has 0 radical (unpaired) electrons. The summed E-state index contributed by atoms with van der Waals surface area (Å²) in [5.41, 5.74) is 13.2. The van der Waals surface area contributed by atoms with Gasteiger partial charge in [-0.1, -0.05) is 55.2 Å². The van der Waals surface area contributed by atoms with Gasteiger partial charge in [-0.3, -0.25) is 38.5 Å². The van der Waals surface area contributed by atoms with E-state index in [0.29, 0.717) is 0 Å². The zero-order chi connectivity index (χ0) is 85.6. The summed E-state index contributed by atoms with van der Waals surface area (Å²) in [4.78, 5) is 123. The number of benzene rings is 5. The summed E-state index contributed by atoms with van der Waals surface area (Å²) in [6.07, 6.45) is -22.9. The Morgan fingerprint density at radius 3 is 1.83 bits per heavy atom. The topological polar surface area (TPSA) is 587 Å². The van der Waals surface area contributed by atoms with E-state index in [9.17, 15) is 65.4 Å². The van der Waals surface area contributed by atoms with E-state index in [1.54, 1.807) is 4.90 Å². The van der Waals surface area contributed by atoms with E-state index < -0.39 is 261 Å². The van der Waals surface area contributed by atoms with Crippen LogP contribution in [0.4, 0.5) is 0 Å². The van der Waals surface area contributed by atoms with E-state index in [4.69, 9.17) is 83.0 Å². The fourth-order valence-corrected chi connectivity index (χ4v) is 15.9. The molecule has 9 aliphatic rings. The van der Waals surface area contributed by atoms with Crippen LogP contribution in [-0.4, -0.2) is 246 Å². The molecule has 118 heavy (non-hydrogen) atoms. The lowest BCUT2D eigenvalue weighted by Crippen LogP contribution is -2.64. The number of nitrogens with two attached hydrogens (primary N) is 3. The Kier molecular flexibility index (Phi) is 26.7. The van der Waals surface area contributed by atoms with E-state index in [-0.39, 0.29) is 91.1 Å². The number of phenolic OH excluding ortho intramolecular Hbond substituents is 3. The zero-order valence-corrected chi connectivity index (χ0v) is 66.5. The molecule has 40 heteroatoms. The molecule has 0 unspecified atom stereocenters. The number of morpholine rings is 1. The van der Waals surface area contributed by atoms with Crippen LogP contribution in [0.3, 0.4) is 0 Å². The van der Waals surface area contributed by atoms with Gasteiger partial charge in [0.2, 0.25) is 53.4 Å². The minimum absolute atomic E-state index is 0.116. The molecule has 0 aliphatic carbocycles. The molecule has 5 aromatic carbocycles. The van der Waals surface area contributed by atoms with Crippen molar-refractivity contribution in [2.24, 2.45) is 23.1 Å². The number of nitrogens with one attached hydrogen (secondary N) is 7. The molecule has 11 bridgehead atoms. The Balaban J connectivity index is 1.13. The number of fused-ring (bicyclic) bond motifs is 15. The number of aliphatic hydroxyl groups excluding tert-OH is 6. The van der Waals surface area contributed by atoms with Crippen LogP contribution in [-0.2, 0) is 73.3 Å². The molecular weight excluding hydrogens is 1590 g/mol. The number of rotatable bonds is 17. The number of halogens is 2. The standard InChI is InChI=1S/C78H97Cl2N11O27/c1-30(2)18-42(84-7)69(102)89-58-60(96)34-9-12-46(40(79)20-34)113-48-22-36-23-49(65(48)118-76-66(63(99)62(98)50(29-92)115-76)117-53-27-78(6,83)68(101)32(4)112-53)114-47-13-10-35(21-41(47)80)64(116-52-26-77(5,82)67(100)31(3)111-52)59-74(107)88-57(75(108)109)38-24-45(94)39(28-91-14-16-110-17-15-91)61(97)54(38)37-19-33(8-11-44(37)93)55(71(104)90-59)87-72(105)56(36)86-70(103)43(25-51(81)95)85-73(58)106/h8-13,19-24,30-32,42-43,50,52-53,55-60,62-64,66-68,76,84,92-94,96-101H,14-18,25-29,82-83H2,1-7H3,(H2,81,95)(H,85,106)(H,86,103)(H,87,105)(H,88,107)(H,89,102)(H,90,104)(H,108,109)/t31-,32-,42+,43-,50-,52-,53-,55+,56+,57+,58+,59-,60+,62-,63+,64+,66-,67+,68+,76+,77-,78-/m0/s1. The molecule has 640 valence electrons. The maximum atomic E-state index is 16.6. The van der Waals surface area contributed by atoms with E-state index in [1.165, 1.54) is 65.1 Å². The second-order valence-electron chi connectivity index (χ2n) is 31.4. The number of likely N-dealkylation sites (N-methyl/N-ethyl adjacent to an activating group) is 1. The maximum absolute atomic E-state index is 16.6. The Hall–Kier alpha value is -9.40. The van der Waals surface area contributed by atoms with E-state index in [0.717, 1.165) is 42.5 Å². The van der Waals surface area contributed by atoms with Crippen molar-refractivity contribution in [2.75, 3.05) is 40.0 Å². The molecule has 0 spiro atoms. The molecule has 38 nitrogen and oxygen atoms in total. The fourth-order valence-electron chi connectivity index (χ4n) is 15.5. The Morgan fingerprint density at radius 2 is 1.25 bits per heavy atom. The minimum atomic E-state index is -2.40. The summed E-state index contributed by atoms with van der Waals surface area (Å²) in [7, 11) is 1.47. The third-order valence-corrected chi connectivity index (χ3v) is 22.5. The maximum Gasteiger partial charge on any atom is 0.330 e. The zero-order valence-electron chi connectivity index (χ0n) is 65.0. The van der Waals surface area contributed by atoms with Crippen LogP contribution in [0.5, 0.6) is 46.0 Å². The number of nitrogens with zero attached hydrogens (tertiary/aromatic N) is 1. The first kappa shape index (κ1) is 87.9. The van der Waals surface area contributed by atoms with Gasteiger partial charge in [-0.15, -0.1) is 0 Å². The van der Waals surface area contributed by atoms with Gasteiger partial charge >= 0.3 is 5.97 Å². The van der Waals surface area contributed by atoms with Gasteiger partial charge in [0.15, 0.2) is 36.2 Å². The second-order valence-corrected chi connectivity index (χ2v) is 32.2. The predicted octanol–water partition coefficient (Wildman–Crippen LogP) is 0.176. The number of carbonyl (C=O) groups excluding carboxylic acids is 7. The number of aliphatic hydroxyl groups is 6. The van der Waals surface area contributed by atoms with Crippen molar-refractivity contribution < 1.29 is 132 Å². The first-order chi connectivity index (χ1) is 55.7. The Morgan fingerprint density at radius 1 is 0.678 bits per heavy atom. The number of aromatic hydroxyl groups is 3. The largest absolute Gasteiger partial charge is 0.507 e. The molecule has 7 amide bonds. The van der Waals surface area contributed by atoms with Crippen LogP contribution in [0.2, 0.25) is 10.0 Å². The molecule has 22 atom stereocenters. The van der Waals surface area contributed by atoms with Gasteiger partial charge in [-0.25, -0.2) is 4.79 Å². The molecule has 9 aliphatic heterocycles. The van der Waals surface area contributed by atoms with Crippen molar-refractivity contribution in [3.63, 3.8) is 0 Å². The number of amides is 7. The van der Waals surface area contributed by atoms with Gasteiger partial charge in [0.25, 0.3) is 0 Å². The summed E-state index contributed by atoms with van der Waals surface area (Å²) >= 11 is 14.6. The van der Waals surface area contributed by atoms with Crippen LogP contribution < -0.4 is 68.6 Å². The monoisotopic (exact) mass is 1690 g/mol. The number of hydrogen-bond donors (Lipinski definition) is 20. The molecule has 23 N–H and O–H groups in total. The third kappa shape index (κ3) is 18.8. The van der Waals surface area contributed by atoms with Gasteiger partial charge < -0.3 is 148 Å². The molecule has 4 fully saturated rings. The summed E-state index contributed by atoms with van der Waals surface area (Å²) in [5, 5.41) is 135. The van der Waals surface area contributed by atoms with Crippen molar-refractivity contribution in [1.29, 1.82) is 0 Å². The summed E-state index contributed by atoms with van der Waals surface area (Å²) in [6.45, 7) is 9.43. The van der Waals surface area contributed by atoms with Gasteiger partial charge in [0, 0.05) is 60.2 Å².